The maximum absolute atomic E-state index is 13.2. The van der Waals surface area contributed by atoms with Crippen LogP contribution < -0.4 is 19.7 Å². The Morgan fingerprint density at radius 2 is 1.69 bits per heavy atom. The number of carbonyl (C=O) groups is 3. The molecule has 0 unspecified atom stereocenters. The second-order valence-corrected chi connectivity index (χ2v) is 8.95. The highest BCUT2D eigenvalue weighted by atomic mass is 79.9. The number of hydrogen-bond donors (Lipinski definition) is 1. The molecule has 7 nitrogen and oxygen atoms in total. The molecule has 0 aliphatic carbocycles. The largest absolute Gasteiger partial charge is 0.489 e. The minimum atomic E-state index is -0.827. The molecule has 36 heavy (non-hydrogen) atoms. The van der Waals surface area contributed by atoms with Crippen LogP contribution in [0.15, 0.2) is 89.4 Å². The van der Waals surface area contributed by atoms with Crippen LogP contribution in [0.3, 0.4) is 0 Å². The summed E-state index contributed by atoms with van der Waals surface area (Å²) >= 11 is 9.31. The van der Waals surface area contributed by atoms with Crippen LogP contribution in [0.25, 0.3) is 6.08 Å². The zero-order valence-electron chi connectivity index (χ0n) is 18.9. The summed E-state index contributed by atoms with van der Waals surface area (Å²) in [6.07, 6.45) is 3.04. The molecule has 1 heterocycles. The van der Waals surface area contributed by atoms with Gasteiger partial charge < -0.3 is 9.47 Å². The van der Waals surface area contributed by atoms with Crippen LogP contribution in [0.4, 0.5) is 10.5 Å². The van der Waals surface area contributed by atoms with Gasteiger partial charge in [-0.15, -0.1) is 0 Å². The van der Waals surface area contributed by atoms with E-state index in [-0.39, 0.29) is 5.57 Å². The van der Waals surface area contributed by atoms with E-state index in [0.717, 1.165) is 10.5 Å². The van der Waals surface area contributed by atoms with Gasteiger partial charge in [0.15, 0.2) is 0 Å². The zero-order valence-corrected chi connectivity index (χ0v) is 21.2. The number of barbiturate groups is 1. The Morgan fingerprint density at radius 1 is 0.972 bits per heavy atom. The minimum absolute atomic E-state index is 0.177. The normalized spacial score (nSPS) is 14.6. The van der Waals surface area contributed by atoms with Crippen molar-refractivity contribution in [3.05, 3.63) is 106 Å². The molecule has 1 N–H and O–H groups in total. The van der Waals surface area contributed by atoms with E-state index < -0.39 is 17.8 Å². The summed E-state index contributed by atoms with van der Waals surface area (Å²) in [6.45, 7) is 4.27. The van der Waals surface area contributed by atoms with E-state index in [9.17, 15) is 14.4 Å². The van der Waals surface area contributed by atoms with Crippen molar-refractivity contribution in [3.8, 4) is 11.5 Å². The van der Waals surface area contributed by atoms with Crippen molar-refractivity contribution in [3.63, 3.8) is 0 Å². The number of urea groups is 1. The summed E-state index contributed by atoms with van der Waals surface area (Å²) in [4.78, 5) is 39.0. The average molecular weight is 568 g/mol. The molecule has 0 saturated carbocycles. The first-order valence-corrected chi connectivity index (χ1v) is 11.9. The number of ether oxygens (including phenoxy) is 2. The maximum Gasteiger partial charge on any atom is 0.335 e. The lowest BCUT2D eigenvalue weighted by molar-refractivity contribution is -0.122. The Morgan fingerprint density at radius 3 is 2.36 bits per heavy atom. The number of nitrogens with one attached hydrogen (secondary N) is 1. The van der Waals surface area contributed by atoms with Crippen molar-refractivity contribution < 1.29 is 23.9 Å². The van der Waals surface area contributed by atoms with E-state index in [1.54, 1.807) is 60.7 Å². The lowest BCUT2D eigenvalue weighted by Gasteiger charge is -2.26. The smallest absolute Gasteiger partial charge is 0.335 e. The first-order valence-electron chi connectivity index (χ1n) is 10.8. The second kappa shape index (κ2) is 11.2. The molecule has 3 aromatic carbocycles. The van der Waals surface area contributed by atoms with Gasteiger partial charge in [-0.2, -0.15) is 0 Å². The summed E-state index contributed by atoms with van der Waals surface area (Å²) in [5.41, 5.74) is 1.63. The number of benzene rings is 3. The Labute approximate surface area is 221 Å². The number of nitrogens with zero attached hydrogens (tertiary/aromatic N) is 1. The van der Waals surface area contributed by atoms with E-state index in [1.807, 2.05) is 12.1 Å². The first kappa shape index (κ1) is 25.2. The predicted molar refractivity (Wildman–Crippen MR) is 141 cm³/mol. The van der Waals surface area contributed by atoms with E-state index in [4.69, 9.17) is 21.1 Å². The van der Waals surface area contributed by atoms with Crippen LogP contribution in [-0.2, 0) is 16.2 Å². The third-order valence-corrected chi connectivity index (χ3v) is 6.01. The third-order valence-electron chi connectivity index (χ3n) is 5.14. The van der Waals surface area contributed by atoms with Crippen LogP contribution in [-0.4, -0.2) is 24.5 Å². The molecule has 0 aromatic heterocycles. The number of hydrogen-bond acceptors (Lipinski definition) is 5. The lowest BCUT2D eigenvalue weighted by atomic mass is 10.1. The van der Waals surface area contributed by atoms with Crippen molar-refractivity contribution in [2.45, 2.75) is 6.61 Å². The summed E-state index contributed by atoms with van der Waals surface area (Å²) in [5, 5.41) is 2.86. The van der Waals surface area contributed by atoms with Gasteiger partial charge in [-0.25, -0.2) is 9.69 Å². The fraction of sp³-hybridized carbons (Fsp3) is 0.0741. The molecule has 1 saturated heterocycles. The number of anilines is 1. The van der Waals surface area contributed by atoms with Crippen molar-refractivity contribution >= 4 is 57.1 Å². The quantitative estimate of drug-likeness (QED) is 0.208. The van der Waals surface area contributed by atoms with Gasteiger partial charge >= 0.3 is 6.03 Å². The molecule has 182 valence electrons. The molecule has 4 rings (SSSR count). The molecule has 1 aliphatic rings. The number of amides is 4. The second-order valence-electron chi connectivity index (χ2n) is 7.66. The zero-order chi connectivity index (χ0) is 25.7. The minimum Gasteiger partial charge on any atom is -0.489 e. The molecular weight excluding hydrogens is 548 g/mol. The highest BCUT2D eigenvalue weighted by Crippen LogP contribution is 2.29. The van der Waals surface area contributed by atoms with Crippen molar-refractivity contribution in [2.75, 3.05) is 11.5 Å². The average Bonchev–Trinajstić information content (AvgIpc) is 2.86. The predicted octanol–water partition coefficient (Wildman–Crippen LogP) is 5.91. The summed E-state index contributed by atoms with van der Waals surface area (Å²) in [5.74, 6) is -0.366. The van der Waals surface area contributed by atoms with Gasteiger partial charge in [0, 0.05) is 5.02 Å². The molecular formula is C27H20BrClN2O5. The van der Waals surface area contributed by atoms with Gasteiger partial charge in [-0.05, 0) is 81.7 Å². The fourth-order valence-corrected chi connectivity index (χ4v) is 4.01. The Kier molecular flexibility index (Phi) is 7.87. The molecule has 0 spiro atoms. The number of halogens is 2. The summed E-state index contributed by atoms with van der Waals surface area (Å²) in [7, 11) is 0. The first-order chi connectivity index (χ1) is 17.4. The monoisotopic (exact) mass is 566 g/mol. The highest BCUT2D eigenvalue weighted by Gasteiger charge is 2.36. The van der Waals surface area contributed by atoms with E-state index >= 15 is 0 Å². The van der Waals surface area contributed by atoms with Gasteiger partial charge in [-0.3, -0.25) is 14.9 Å². The van der Waals surface area contributed by atoms with E-state index in [1.165, 1.54) is 6.08 Å². The Hall–Kier alpha value is -3.88. The third kappa shape index (κ3) is 5.84. The van der Waals surface area contributed by atoms with Crippen molar-refractivity contribution in [1.82, 2.24) is 5.32 Å². The molecule has 4 amide bonds. The molecule has 0 radical (unpaired) electrons. The standard InChI is InChI=1S/C27H20BrClN2O5/c1-2-13-35-24-12-5-18(15-23(24)28)14-22-25(32)30-27(34)31(26(22)33)20-8-10-21(11-9-20)36-16-17-3-6-19(29)7-4-17/h2-12,14-15H,1,13,16H2,(H,30,32,34)/b22-14+. The van der Waals surface area contributed by atoms with Crippen molar-refractivity contribution in [1.29, 1.82) is 0 Å². The SMILES string of the molecule is C=CCOc1ccc(/C=C2\C(=O)NC(=O)N(c3ccc(OCc4ccc(Cl)cc4)cc3)C2=O)cc1Br. The molecule has 1 fully saturated rings. The van der Waals surface area contributed by atoms with Crippen LogP contribution in [0.5, 0.6) is 11.5 Å². The van der Waals surface area contributed by atoms with Crippen molar-refractivity contribution in [2.24, 2.45) is 0 Å². The van der Waals surface area contributed by atoms with Gasteiger partial charge in [0.1, 0.15) is 30.3 Å². The molecule has 0 bridgehead atoms. The van der Waals surface area contributed by atoms with Crippen LogP contribution in [0.2, 0.25) is 5.02 Å². The number of imide groups is 2. The Balaban J connectivity index is 1.51. The van der Waals surface area contributed by atoms with Gasteiger partial charge in [-0.1, -0.05) is 42.5 Å². The maximum atomic E-state index is 13.2. The molecule has 1 aliphatic heterocycles. The van der Waals surface area contributed by atoms with E-state index in [2.05, 4.69) is 27.8 Å². The summed E-state index contributed by atoms with van der Waals surface area (Å²) < 4.78 is 11.9. The van der Waals surface area contributed by atoms with Gasteiger partial charge in [0.05, 0.1) is 10.2 Å². The topological polar surface area (TPSA) is 84.9 Å². The summed E-state index contributed by atoms with van der Waals surface area (Å²) in [6, 6.07) is 18.0. The van der Waals surface area contributed by atoms with Crippen LogP contribution in [0, 0.1) is 0 Å². The van der Waals surface area contributed by atoms with Crippen LogP contribution in [0.1, 0.15) is 11.1 Å². The molecule has 0 atom stereocenters. The molecule has 9 heteroatoms. The lowest BCUT2D eigenvalue weighted by Crippen LogP contribution is -2.54. The fourth-order valence-electron chi connectivity index (χ4n) is 3.37. The number of carbonyl (C=O) groups excluding carboxylic acids is 3. The highest BCUT2D eigenvalue weighted by molar-refractivity contribution is 9.10. The van der Waals surface area contributed by atoms with Gasteiger partial charge in [0.2, 0.25) is 0 Å². The van der Waals surface area contributed by atoms with E-state index in [0.29, 0.717) is 45.5 Å². The van der Waals surface area contributed by atoms with Gasteiger partial charge in [0.25, 0.3) is 11.8 Å². The number of rotatable bonds is 8. The molecule has 3 aromatic rings. The Bertz CT molecular complexity index is 1350. The van der Waals surface area contributed by atoms with Crippen LogP contribution >= 0.6 is 27.5 Å².